The fourth-order valence-corrected chi connectivity index (χ4v) is 1.75. The van der Waals surface area contributed by atoms with Crippen molar-refractivity contribution in [1.29, 1.82) is 0 Å². The monoisotopic (exact) mass is 293 g/mol. The topological polar surface area (TPSA) is 99.6 Å². The Kier molecular flexibility index (Phi) is 6.86. The number of nitrogens with one attached hydrogen (secondary N) is 1. The molecule has 21 heavy (non-hydrogen) atoms. The highest BCUT2D eigenvalue weighted by atomic mass is 16.4. The number of hydrogen-bond acceptors (Lipinski definition) is 4. The van der Waals surface area contributed by atoms with Gasteiger partial charge in [0.05, 0.1) is 12.0 Å². The van der Waals surface area contributed by atoms with Crippen molar-refractivity contribution in [3.05, 3.63) is 30.1 Å². The van der Waals surface area contributed by atoms with Crippen LogP contribution in [0.25, 0.3) is 0 Å². The summed E-state index contributed by atoms with van der Waals surface area (Å²) >= 11 is 0. The fourth-order valence-electron chi connectivity index (χ4n) is 1.75. The van der Waals surface area contributed by atoms with Gasteiger partial charge in [-0.3, -0.25) is 19.4 Å². The molecule has 1 aromatic rings. The quantitative estimate of drug-likeness (QED) is 0.681. The van der Waals surface area contributed by atoms with Gasteiger partial charge in [0.1, 0.15) is 0 Å². The van der Waals surface area contributed by atoms with Gasteiger partial charge >= 0.3 is 5.97 Å². The highest BCUT2D eigenvalue weighted by molar-refractivity contribution is 5.94. The molecule has 0 saturated heterocycles. The Morgan fingerprint density at radius 1 is 1.33 bits per heavy atom. The second kappa shape index (κ2) is 8.68. The van der Waals surface area contributed by atoms with Crippen molar-refractivity contribution in [2.45, 2.75) is 19.8 Å². The van der Waals surface area contributed by atoms with Crippen molar-refractivity contribution in [3.63, 3.8) is 0 Å². The van der Waals surface area contributed by atoms with Gasteiger partial charge in [-0.05, 0) is 18.6 Å². The maximum absolute atomic E-state index is 12.3. The van der Waals surface area contributed by atoms with Crippen LogP contribution in [-0.4, -0.2) is 52.4 Å². The third-order valence-corrected chi connectivity index (χ3v) is 2.77. The molecule has 1 rings (SSSR count). The van der Waals surface area contributed by atoms with Crippen molar-refractivity contribution < 1.29 is 19.5 Å². The zero-order chi connectivity index (χ0) is 15.7. The molecule has 7 heteroatoms. The van der Waals surface area contributed by atoms with E-state index in [1.807, 2.05) is 0 Å². The molecular weight excluding hydrogens is 274 g/mol. The van der Waals surface area contributed by atoms with Gasteiger partial charge in [-0.1, -0.05) is 0 Å². The molecule has 0 unspecified atom stereocenters. The van der Waals surface area contributed by atoms with Crippen molar-refractivity contribution in [3.8, 4) is 0 Å². The molecule has 7 nitrogen and oxygen atoms in total. The minimum Gasteiger partial charge on any atom is -0.481 e. The molecule has 1 heterocycles. The highest BCUT2D eigenvalue weighted by Crippen LogP contribution is 2.05. The summed E-state index contributed by atoms with van der Waals surface area (Å²) in [5.74, 6) is -1.35. The number of carboxylic acids is 1. The van der Waals surface area contributed by atoms with E-state index in [0.29, 0.717) is 25.1 Å². The number of hydrogen-bond donors (Lipinski definition) is 2. The third-order valence-electron chi connectivity index (χ3n) is 2.77. The second-order valence-electron chi connectivity index (χ2n) is 4.51. The van der Waals surface area contributed by atoms with Crippen LogP contribution in [-0.2, 0) is 9.59 Å². The molecule has 0 radical (unpaired) electrons. The summed E-state index contributed by atoms with van der Waals surface area (Å²) in [4.78, 5) is 39.1. The zero-order valence-electron chi connectivity index (χ0n) is 11.9. The Bertz CT molecular complexity index is 490. The number of amides is 2. The third kappa shape index (κ3) is 6.51. The first-order valence-corrected chi connectivity index (χ1v) is 6.66. The Morgan fingerprint density at radius 3 is 2.67 bits per heavy atom. The van der Waals surface area contributed by atoms with Crippen LogP contribution in [0, 0.1) is 0 Å². The lowest BCUT2D eigenvalue weighted by Gasteiger charge is -2.22. The molecule has 0 saturated carbocycles. The van der Waals surface area contributed by atoms with E-state index in [1.165, 1.54) is 18.0 Å². The molecule has 0 aliphatic rings. The lowest BCUT2D eigenvalue weighted by atomic mass is 10.2. The zero-order valence-corrected chi connectivity index (χ0v) is 11.9. The smallest absolute Gasteiger partial charge is 0.305 e. The van der Waals surface area contributed by atoms with E-state index < -0.39 is 5.97 Å². The van der Waals surface area contributed by atoms with Gasteiger partial charge < -0.3 is 15.3 Å². The first kappa shape index (κ1) is 16.6. The van der Waals surface area contributed by atoms with Gasteiger partial charge in [-0.25, -0.2) is 0 Å². The Labute approximate surface area is 123 Å². The Morgan fingerprint density at radius 2 is 2.10 bits per heavy atom. The maximum atomic E-state index is 12.3. The summed E-state index contributed by atoms with van der Waals surface area (Å²) in [5, 5.41) is 11.4. The van der Waals surface area contributed by atoms with Gasteiger partial charge in [-0.2, -0.15) is 0 Å². The molecule has 0 aliphatic carbocycles. The summed E-state index contributed by atoms with van der Waals surface area (Å²) in [7, 11) is 0. The van der Waals surface area contributed by atoms with Crippen molar-refractivity contribution >= 4 is 17.8 Å². The number of carbonyl (C=O) groups excluding carboxylic acids is 2. The summed E-state index contributed by atoms with van der Waals surface area (Å²) in [6.07, 6.45) is 3.45. The summed E-state index contributed by atoms with van der Waals surface area (Å²) in [6, 6.07) is 3.29. The average molecular weight is 293 g/mol. The van der Waals surface area contributed by atoms with Crippen molar-refractivity contribution in [1.82, 2.24) is 15.2 Å². The molecule has 0 aromatic carbocycles. The molecular formula is C14H19N3O4. The number of carboxylic acid groups (broad SMARTS) is 1. The lowest BCUT2D eigenvalue weighted by Crippen LogP contribution is -2.35. The van der Waals surface area contributed by atoms with Gasteiger partial charge in [0.15, 0.2) is 0 Å². The van der Waals surface area contributed by atoms with Crippen LogP contribution in [0.1, 0.15) is 30.1 Å². The molecule has 0 bridgehead atoms. The van der Waals surface area contributed by atoms with Gasteiger partial charge in [-0.15, -0.1) is 0 Å². The van der Waals surface area contributed by atoms with Crippen LogP contribution in [0.4, 0.5) is 0 Å². The van der Waals surface area contributed by atoms with E-state index >= 15 is 0 Å². The first-order chi connectivity index (χ1) is 10.0. The van der Waals surface area contributed by atoms with E-state index in [4.69, 9.17) is 5.11 Å². The summed E-state index contributed by atoms with van der Waals surface area (Å²) in [5.41, 5.74) is 0.419. The largest absolute Gasteiger partial charge is 0.481 e. The maximum Gasteiger partial charge on any atom is 0.305 e. The van der Waals surface area contributed by atoms with Gasteiger partial charge in [0.25, 0.3) is 5.91 Å². The van der Waals surface area contributed by atoms with E-state index in [2.05, 4.69) is 10.3 Å². The first-order valence-electron chi connectivity index (χ1n) is 6.66. The fraction of sp³-hybridized carbons (Fsp3) is 0.429. The van der Waals surface area contributed by atoms with Crippen molar-refractivity contribution in [2.24, 2.45) is 0 Å². The number of nitrogens with zero attached hydrogens (tertiary/aromatic N) is 2. The highest BCUT2D eigenvalue weighted by Gasteiger charge is 2.16. The van der Waals surface area contributed by atoms with Gasteiger partial charge in [0, 0.05) is 39.0 Å². The molecule has 2 N–H and O–H groups in total. The predicted molar refractivity (Wildman–Crippen MR) is 75.7 cm³/mol. The number of rotatable bonds is 8. The summed E-state index contributed by atoms with van der Waals surface area (Å²) in [6.45, 7) is 2.37. The van der Waals surface area contributed by atoms with E-state index in [9.17, 15) is 14.4 Å². The second-order valence-corrected chi connectivity index (χ2v) is 4.51. The minimum atomic E-state index is -0.958. The van der Waals surface area contributed by atoms with E-state index in [0.717, 1.165) is 0 Å². The molecule has 1 aromatic heterocycles. The van der Waals surface area contributed by atoms with Crippen molar-refractivity contribution in [2.75, 3.05) is 19.6 Å². The molecule has 0 aliphatic heterocycles. The Hall–Kier alpha value is -2.44. The van der Waals surface area contributed by atoms with Crippen LogP contribution in [0.2, 0.25) is 0 Å². The summed E-state index contributed by atoms with van der Waals surface area (Å²) < 4.78 is 0. The molecule has 0 atom stereocenters. The van der Waals surface area contributed by atoms with Crippen LogP contribution in [0.5, 0.6) is 0 Å². The molecule has 0 spiro atoms. The van der Waals surface area contributed by atoms with Crippen LogP contribution in [0.15, 0.2) is 24.5 Å². The lowest BCUT2D eigenvalue weighted by molar-refractivity contribution is -0.137. The number of carbonyl (C=O) groups is 3. The van der Waals surface area contributed by atoms with Crippen LogP contribution >= 0.6 is 0 Å². The molecule has 2 amide bonds. The SMILES string of the molecule is CC(=O)NCCCN(CCC(=O)O)C(=O)c1cccnc1. The van der Waals surface area contributed by atoms with Crippen LogP contribution in [0.3, 0.4) is 0 Å². The van der Waals surface area contributed by atoms with Gasteiger partial charge in [0.2, 0.25) is 5.91 Å². The standard InChI is InChI=1S/C14H19N3O4/c1-11(18)16-7-3-8-17(9-5-13(19)20)14(21)12-4-2-6-15-10-12/h2,4,6,10H,3,5,7-9H2,1H3,(H,16,18)(H,19,20). The van der Waals surface area contributed by atoms with E-state index in [1.54, 1.807) is 18.3 Å². The number of pyridine rings is 1. The number of aliphatic carboxylic acids is 1. The predicted octanol–water partition coefficient (Wildman–Crippen LogP) is 0.525. The average Bonchev–Trinajstić information content (AvgIpc) is 2.46. The number of aromatic nitrogens is 1. The van der Waals surface area contributed by atoms with E-state index in [-0.39, 0.29) is 24.8 Å². The molecule has 0 fully saturated rings. The minimum absolute atomic E-state index is 0.119. The Balaban J connectivity index is 2.60. The normalized spacial score (nSPS) is 9.95. The van der Waals surface area contributed by atoms with Crippen LogP contribution < -0.4 is 5.32 Å². The molecule has 114 valence electrons.